The second kappa shape index (κ2) is 9.29. The molecule has 1 spiro atoms. The molecule has 1 N–H and O–H groups in total. The number of likely N-dealkylation sites (tertiary alicyclic amines) is 2. The Bertz CT molecular complexity index is 1140. The Labute approximate surface area is 205 Å². The van der Waals surface area contributed by atoms with Crippen molar-refractivity contribution in [2.24, 2.45) is 11.3 Å². The average Bonchev–Trinajstić information content (AvgIpc) is 3.28. The number of piperidine rings is 1. The van der Waals surface area contributed by atoms with Crippen molar-refractivity contribution >= 4 is 12.0 Å². The number of carbonyl (C=O) groups excluding carboxylic acids is 2. The lowest BCUT2D eigenvalue weighted by atomic mass is 9.72. The molecule has 3 aliphatic rings. The highest BCUT2D eigenvalue weighted by Gasteiger charge is 2.48. The smallest absolute Gasteiger partial charge is 0.410 e. The van der Waals surface area contributed by atoms with E-state index in [1.807, 2.05) is 4.90 Å². The number of halogens is 3. The molecule has 2 saturated heterocycles. The van der Waals surface area contributed by atoms with Crippen molar-refractivity contribution < 1.29 is 32.2 Å². The van der Waals surface area contributed by atoms with Gasteiger partial charge in [0.2, 0.25) is 5.91 Å². The highest BCUT2D eigenvalue weighted by atomic mass is 19.3. The molecule has 9 nitrogen and oxygen atoms in total. The summed E-state index contributed by atoms with van der Waals surface area (Å²) in [7, 11) is 0. The SMILES string of the molecule is CC(F)(F)Oc1ccc(COC(=O)N2CC3(CCN(C(=O)C4CCc5n[nH]nc5C4)CC3)C2)c(F)c1. The number of amides is 2. The summed E-state index contributed by atoms with van der Waals surface area (Å²) in [5.74, 6) is -1.01. The second-order valence-electron chi connectivity index (χ2n) is 10.1. The third-order valence-electron chi connectivity index (χ3n) is 7.34. The molecule has 0 radical (unpaired) electrons. The number of fused-ring (bicyclic) bond motifs is 1. The minimum absolute atomic E-state index is 0.0305. The van der Waals surface area contributed by atoms with E-state index in [0.717, 1.165) is 43.1 Å². The molecule has 1 aromatic heterocycles. The van der Waals surface area contributed by atoms with E-state index in [0.29, 0.717) is 39.5 Å². The largest absolute Gasteiger partial charge is 0.444 e. The molecular formula is C24H28F3N5O4. The Morgan fingerprint density at radius 3 is 2.58 bits per heavy atom. The highest BCUT2D eigenvalue weighted by molar-refractivity contribution is 5.79. The van der Waals surface area contributed by atoms with Gasteiger partial charge < -0.3 is 19.3 Å². The summed E-state index contributed by atoms with van der Waals surface area (Å²) in [6.07, 6.45) is -0.202. The Hall–Kier alpha value is -3.31. The van der Waals surface area contributed by atoms with Crippen LogP contribution in [0.3, 0.4) is 0 Å². The van der Waals surface area contributed by atoms with Gasteiger partial charge in [-0.15, -0.1) is 0 Å². The summed E-state index contributed by atoms with van der Waals surface area (Å²) < 4.78 is 49.6. The number of benzene rings is 1. The second-order valence-corrected chi connectivity index (χ2v) is 10.1. The van der Waals surface area contributed by atoms with E-state index in [-0.39, 0.29) is 35.2 Å². The van der Waals surface area contributed by atoms with Crippen LogP contribution >= 0.6 is 0 Å². The number of nitrogens with zero attached hydrogens (tertiary/aromatic N) is 4. The van der Waals surface area contributed by atoms with Crippen LogP contribution in [0.2, 0.25) is 0 Å². The molecule has 2 amide bonds. The topological polar surface area (TPSA) is 101 Å². The quantitative estimate of drug-likeness (QED) is 0.667. The molecule has 1 aromatic carbocycles. The molecule has 2 fully saturated rings. The third kappa shape index (κ3) is 5.12. The minimum Gasteiger partial charge on any atom is -0.444 e. The first kappa shape index (κ1) is 24.4. The van der Waals surface area contributed by atoms with Gasteiger partial charge in [0.1, 0.15) is 18.2 Å². The van der Waals surface area contributed by atoms with Gasteiger partial charge in [-0.2, -0.15) is 24.2 Å². The first-order valence-electron chi connectivity index (χ1n) is 12.1. The van der Waals surface area contributed by atoms with E-state index in [1.54, 1.807) is 4.90 Å². The van der Waals surface area contributed by atoms with Crippen LogP contribution in [0.15, 0.2) is 18.2 Å². The predicted octanol–water partition coefficient (Wildman–Crippen LogP) is 3.30. The molecule has 0 saturated carbocycles. The van der Waals surface area contributed by atoms with Gasteiger partial charge in [0, 0.05) is 62.5 Å². The zero-order valence-corrected chi connectivity index (χ0v) is 19.9. The zero-order chi connectivity index (χ0) is 25.5. The van der Waals surface area contributed by atoms with E-state index in [4.69, 9.17) is 4.74 Å². The number of rotatable bonds is 5. The summed E-state index contributed by atoms with van der Waals surface area (Å²) in [6.45, 7) is 2.61. The molecule has 0 bridgehead atoms. The van der Waals surface area contributed by atoms with E-state index in [9.17, 15) is 22.8 Å². The number of hydrogen-bond donors (Lipinski definition) is 1. The summed E-state index contributed by atoms with van der Waals surface area (Å²) in [5, 5.41) is 10.9. The molecule has 1 unspecified atom stereocenters. The molecule has 194 valence electrons. The van der Waals surface area contributed by atoms with Crippen LogP contribution in [-0.2, 0) is 29.0 Å². The van der Waals surface area contributed by atoms with Gasteiger partial charge >= 0.3 is 12.2 Å². The van der Waals surface area contributed by atoms with Crippen molar-refractivity contribution in [3.05, 3.63) is 41.0 Å². The van der Waals surface area contributed by atoms with Crippen LogP contribution in [0.5, 0.6) is 5.75 Å². The van der Waals surface area contributed by atoms with Crippen molar-refractivity contribution in [3.8, 4) is 5.75 Å². The van der Waals surface area contributed by atoms with Gasteiger partial charge in [0.05, 0.1) is 11.4 Å². The van der Waals surface area contributed by atoms with Gasteiger partial charge in [-0.05, 0) is 37.8 Å². The van der Waals surface area contributed by atoms with Gasteiger partial charge in [0.15, 0.2) is 0 Å². The molecule has 36 heavy (non-hydrogen) atoms. The number of carbonyl (C=O) groups is 2. The van der Waals surface area contributed by atoms with Crippen molar-refractivity contribution in [2.45, 2.75) is 51.7 Å². The molecule has 2 aromatic rings. The number of ether oxygens (including phenoxy) is 2. The van der Waals surface area contributed by atoms with E-state index >= 15 is 0 Å². The molecule has 5 rings (SSSR count). The van der Waals surface area contributed by atoms with Crippen LogP contribution in [0.25, 0.3) is 0 Å². The maximum Gasteiger partial charge on any atom is 0.410 e. The van der Waals surface area contributed by atoms with Gasteiger partial charge in [-0.3, -0.25) is 4.79 Å². The average molecular weight is 508 g/mol. The fourth-order valence-electron chi connectivity index (χ4n) is 5.31. The number of hydrogen-bond acceptors (Lipinski definition) is 6. The summed E-state index contributed by atoms with van der Waals surface area (Å²) in [4.78, 5) is 28.9. The normalized spacial score (nSPS) is 21.1. The Balaban J connectivity index is 1.06. The maximum absolute atomic E-state index is 14.2. The van der Waals surface area contributed by atoms with E-state index in [1.165, 1.54) is 12.1 Å². The molecule has 2 aliphatic heterocycles. The number of nitrogens with one attached hydrogen (secondary N) is 1. The Morgan fingerprint density at radius 2 is 1.89 bits per heavy atom. The van der Waals surface area contributed by atoms with Gasteiger partial charge in [-0.25, -0.2) is 9.18 Å². The van der Waals surface area contributed by atoms with E-state index in [2.05, 4.69) is 20.1 Å². The van der Waals surface area contributed by atoms with Crippen LogP contribution < -0.4 is 4.74 Å². The van der Waals surface area contributed by atoms with Crippen molar-refractivity contribution in [1.29, 1.82) is 0 Å². The Morgan fingerprint density at radius 1 is 1.17 bits per heavy atom. The molecule has 1 atom stereocenters. The number of aromatic nitrogens is 3. The lowest BCUT2D eigenvalue weighted by molar-refractivity contribution is -0.159. The number of alkyl halides is 2. The standard InChI is InChI=1S/C24H28F3N5O4/c1-23(26,27)36-17-4-2-16(18(25)11-17)12-35-22(34)32-13-24(14-32)6-8-31(9-7-24)21(33)15-3-5-19-20(10-15)29-30-28-19/h2,4,11,15H,3,5-10,12-14H2,1H3,(H,28,29,30). The first-order valence-corrected chi connectivity index (χ1v) is 12.1. The molecular weight excluding hydrogens is 479 g/mol. The maximum atomic E-state index is 14.2. The molecule has 1 aliphatic carbocycles. The number of aryl methyl sites for hydroxylation is 1. The van der Waals surface area contributed by atoms with Crippen molar-refractivity contribution in [3.63, 3.8) is 0 Å². The van der Waals surface area contributed by atoms with Crippen LogP contribution in [-0.4, -0.2) is 69.5 Å². The third-order valence-corrected chi connectivity index (χ3v) is 7.34. The lowest BCUT2D eigenvalue weighted by Gasteiger charge is -2.53. The zero-order valence-electron chi connectivity index (χ0n) is 19.9. The Kier molecular flexibility index (Phi) is 6.29. The van der Waals surface area contributed by atoms with Crippen LogP contribution in [0, 0.1) is 17.2 Å². The summed E-state index contributed by atoms with van der Waals surface area (Å²) in [5.41, 5.74) is 1.87. The van der Waals surface area contributed by atoms with Crippen LogP contribution in [0.1, 0.15) is 43.1 Å². The number of aromatic amines is 1. The lowest BCUT2D eigenvalue weighted by Crippen LogP contribution is -2.62. The van der Waals surface area contributed by atoms with Crippen LogP contribution in [0.4, 0.5) is 18.0 Å². The van der Waals surface area contributed by atoms with Gasteiger partial charge in [0.25, 0.3) is 0 Å². The van der Waals surface area contributed by atoms with E-state index < -0.39 is 18.0 Å². The van der Waals surface area contributed by atoms with Crippen molar-refractivity contribution in [2.75, 3.05) is 26.2 Å². The highest BCUT2D eigenvalue weighted by Crippen LogP contribution is 2.41. The monoisotopic (exact) mass is 507 g/mol. The van der Waals surface area contributed by atoms with Gasteiger partial charge in [-0.1, -0.05) is 0 Å². The fraction of sp³-hybridized carbons (Fsp3) is 0.583. The minimum atomic E-state index is -3.42. The molecule has 12 heteroatoms. The predicted molar refractivity (Wildman–Crippen MR) is 120 cm³/mol. The number of H-pyrrole nitrogens is 1. The fourth-order valence-corrected chi connectivity index (χ4v) is 5.31. The van der Waals surface area contributed by atoms with Crippen molar-refractivity contribution in [1.82, 2.24) is 25.2 Å². The summed E-state index contributed by atoms with van der Waals surface area (Å²) in [6, 6.07) is 3.30. The first-order chi connectivity index (χ1) is 17.1. The molecule has 3 heterocycles. The summed E-state index contributed by atoms with van der Waals surface area (Å²) >= 11 is 0.